The molecule has 0 aliphatic heterocycles. The van der Waals surface area contributed by atoms with Crippen LogP contribution in [0.1, 0.15) is 46.1 Å². The van der Waals surface area contributed by atoms with Crippen LogP contribution in [-0.4, -0.2) is 37.4 Å². The fourth-order valence-electron chi connectivity index (χ4n) is 2.57. The van der Waals surface area contributed by atoms with Crippen LogP contribution in [0, 0.1) is 5.92 Å². The van der Waals surface area contributed by atoms with Gasteiger partial charge in [0, 0.05) is 18.5 Å². The molecule has 0 saturated carbocycles. The van der Waals surface area contributed by atoms with Crippen molar-refractivity contribution in [2.24, 2.45) is 5.92 Å². The highest BCUT2D eigenvalue weighted by Gasteiger charge is 2.22. The number of allylic oxidation sites excluding steroid dienone is 1. The molecule has 0 bridgehead atoms. The molecular weight excluding hydrogens is 316 g/mol. The lowest BCUT2D eigenvalue weighted by molar-refractivity contribution is 0.0755. The highest BCUT2D eigenvalue weighted by atomic mass is 16.6. The summed E-state index contributed by atoms with van der Waals surface area (Å²) in [7, 11) is 1.94. The molecule has 5 heteroatoms. The Labute approximate surface area is 152 Å². The van der Waals surface area contributed by atoms with Gasteiger partial charge in [-0.15, -0.1) is 0 Å². The molecule has 0 saturated heterocycles. The van der Waals surface area contributed by atoms with Gasteiger partial charge in [-0.1, -0.05) is 38.6 Å². The Morgan fingerprint density at radius 3 is 2.44 bits per heavy atom. The summed E-state index contributed by atoms with van der Waals surface area (Å²) in [5.41, 5.74) is 1.14. The lowest BCUT2D eigenvalue weighted by Gasteiger charge is -2.28. The highest BCUT2D eigenvalue weighted by Crippen LogP contribution is 2.33. The first kappa shape index (κ1) is 21.0. The highest BCUT2D eigenvalue weighted by molar-refractivity contribution is 5.67. The first-order valence-electron chi connectivity index (χ1n) is 8.74. The first-order valence-corrected chi connectivity index (χ1v) is 8.74. The molecule has 0 aliphatic carbocycles. The third kappa shape index (κ3) is 7.61. The Hall–Kier alpha value is -2.01. The Balaban J connectivity index is 2.78. The lowest BCUT2D eigenvalue weighted by Crippen LogP contribution is -2.35. The van der Waals surface area contributed by atoms with Crippen LogP contribution in [0.4, 0.5) is 4.79 Å². The van der Waals surface area contributed by atoms with E-state index in [0.29, 0.717) is 11.7 Å². The molecular formula is C20H32N2O3. The van der Waals surface area contributed by atoms with Gasteiger partial charge >= 0.3 is 6.09 Å². The average molecular weight is 348 g/mol. The van der Waals surface area contributed by atoms with E-state index in [1.165, 1.54) is 0 Å². The van der Waals surface area contributed by atoms with Crippen molar-refractivity contribution in [1.29, 1.82) is 0 Å². The molecule has 0 aliphatic rings. The Morgan fingerprint density at radius 1 is 1.24 bits per heavy atom. The number of benzene rings is 1. The number of amides is 1. The quantitative estimate of drug-likeness (QED) is 0.532. The number of para-hydroxylation sites is 1. The maximum atomic E-state index is 11.6. The van der Waals surface area contributed by atoms with Gasteiger partial charge in [-0.2, -0.15) is 0 Å². The average Bonchev–Trinajstić information content (AvgIpc) is 2.50. The zero-order valence-electron chi connectivity index (χ0n) is 16.3. The van der Waals surface area contributed by atoms with Crippen molar-refractivity contribution >= 4 is 6.09 Å². The molecule has 1 atom stereocenters. The van der Waals surface area contributed by atoms with Crippen LogP contribution in [0.2, 0.25) is 0 Å². The number of carbonyl (C=O) groups excluding carboxylic acids is 1. The van der Waals surface area contributed by atoms with Crippen LogP contribution < -0.4 is 10.1 Å². The summed E-state index contributed by atoms with van der Waals surface area (Å²) in [5.74, 6) is 2.15. The molecule has 1 aromatic carbocycles. The number of carbonyl (C=O) groups is 1. The van der Waals surface area contributed by atoms with Gasteiger partial charge in [0.05, 0.1) is 5.76 Å². The number of likely N-dealkylation sites (N-methyl/N-ethyl adjacent to an activating group) is 1. The van der Waals surface area contributed by atoms with E-state index in [9.17, 15) is 4.79 Å². The maximum Gasteiger partial charge on any atom is 0.408 e. The standard InChI is InChI=1S/C20H32N2O3/c1-14(2)18(12-22(7)13-24-20(23)21-15(3)4)17-10-8-9-11-19(17)25-16(5)6/h8-11,14-15,18H,5,12-13H2,1-4,6-7H3,(H,21,23). The molecule has 1 amide bonds. The van der Waals surface area contributed by atoms with Gasteiger partial charge in [0.2, 0.25) is 0 Å². The zero-order chi connectivity index (χ0) is 19.0. The molecule has 0 heterocycles. The normalized spacial score (nSPS) is 12.4. The third-order valence-corrected chi connectivity index (χ3v) is 3.74. The van der Waals surface area contributed by atoms with E-state index in [0.717, 1.165) is 17.9 Å². The van der Waals surface area contributed by atoms with E-state index in [1.807, 2.05) is 50.9 Å². The molecule has 0 fully saturated rings. The summed E-state index contributed by atoms with van der Waals surface area (Å²) in [6.07, 6.45) is -0.394. The van der Waals surface area contributed by atoms with E-state index in [2.05, 4.69) is 31.8 Å². The van der Waals surface area contributed by atoms with Gasteiger partial charge in [0.15, 0.2) is 0 Å². The SMILES string of the molecule is C=C(C)Oc1ccccc1C(CN(C)COC(=O)NC(C)C)C(C)C. The second kappa shape index (κ2) is 10.1. The largest absolute Gasteiger partial charge is 0.462 e. The van der Waals surface area contributed by atoms with Crippen molar-refractivity contribution in [2.75, 3.05) is 20.3 Å². The zero-order valence-corrected chi connectivity index (χ0v) is 16.3. The van der Waals surface area contributed by atoms with Gasteiger partial charge in [-0.25, -0.2) is 4.79 Å². The first-order chi connectivity index (χ1) is 11.7. The van der Waals surface area contributed by atoms with Crippen molar-refractivity contribution in [2.45, 2.75) is 46.6 Å². The lowest BCUT2D eigenvalue weighted by atomic mass is 9.87. The van der Waals surface area contributed by atoms with E-state index in [-0.39, 0.29) is 18.7 Å². The van der Waals surface area contributed by atoms with E-state index in [4.69, 9.17) is 9.47 Å². The Morgan fingerprint density at radius 2 is 1.88 bits per heavy atom. The molecule has 25 heavy (non-hydrogen) atoms. The van der Waals surface area contributed by atoms with Crippen LogP contribution in [0.15, 0.2) is 36.6 Å². The van der Waals surface area contributed by atoms with Gasteiger partial charge in [-0.05, 0) is 45.4 Å². The number of ether oxygens (including phenoxy) is 2. The number of nitrogens with zero attached hydrogens (tertiary/aromatic N) is 1. The number of alkyl carbamates (subject to hydrolysis) is 1. The Kier molecular flexibility index (Phi) is 8.49. The second-order valence-electron chi connectivity index (χ2n) is 7.09. The summed E-state index contributed by atoms with van der Waals surface area (Å²) in [6, 6.07) is 8.09. The van der Waals surface area contributed by atoms with E-state index >= 15 is 0 Å². The van der Waals surface area contributed by atoms with Crippen LogP contribution in [-0.2, 0) is 4.74 Å². The monoisotopic (exact) mass is 348 g/mol. The van der Waals surface area contributed by atoms with Crippen molar-refractivity contribution in [3.05, 3.63) is 42.2 Å². The predicted octanol–water partition coefficient (Wildman–Crippen LogP) is 4.36. The number of hydrogen-bond acceptors (Lipinski definition) is 4. The van der Waals surface area contributed by atoms with Crippen molar-refractivity contribution in [1.82, 2.24) is 10.2 Å². The second-order valence-corrected chi connectivity index (χ2v) is 7.09. The maximum absolute atomic E-state index is 11.6. The Bertz CT molecular complexity index is 570. The molecule has 1 unspecified atom stereocenters. The fraction of sp³-hybridized carbons (Fsp3) is 0.550. The molecule has 1 aromatic rings. The van der Waals surface area contributed by atoms with Crippen LogP contribution in [0.3, 0.4) is 0 Å². The number of nitrogens with one attached hydrogen (secondary N) is 1. The molecule has 0 aromatic heterocycles. The minimum Gasteiger partial charge on any atom is -0.462 e. The van der Waals surface area contributed by atoms with E-state index < -0.39 is 6.09 Å². The summed E-state index contributed by atoms with van der Waals surface area (Å²) in [5, 5.41) is 2.72. The van der Waals surface area contributed by atoms with Gasteiger partial charge in [0.1, 0.15) is 12.5 Å². The summed E-state index contributed by atoms with van der Waals surface area (Å²) < 4.78 is 11.0. The summed E-state index contributed by atoms with van der Waals surface area (Å²) >= 11 is 0. The minimum absolute atomic E-state index is 0.0624. The van der Waals surface area contributed by atoms with Crippen molar-refractivity contribution < 1.29 is 14.3 Å². The molecule has 0 radical (unpaired) electrons. The van der Waals surface area contributed by atoms with Crippen molar-refractivity contribution in [3.63, 3.8) is 0 Å². The number of rotatable bonds is 9. The third-order valence-electron chi connectivity index (χ3n) is 3.74. The number of hydrogen-bond donors (Lipinski definition) is 1. The fourth-order valence-corrected chi connectivity index (χ4v) is 2.57. The van der Waals surface area contributed by atoms with E-state index in [1.54, 1.807) is 0 Å². The molecule has 140 valence electrons. The molecule has 1 N–H and O–H groups in total. The molecule has 0 spiro atoms. The van der Waals surface area contributed by atoms with Crippen molar-refractivity contribution in [3.8, 4) is 5.75 Å². The molecule has 1 rings (SSSR count). The van der Waals surface area contributed by atoms with Crippen LogP contribution in [0.5, 0.6) is 5.75 Å². The van der Waals surface area contributed by atoms with Crippen LogP contribution >= 0.6 is 0 Å². The van der Waals surface area contributed by atoms with Gasteiger partial charge in [0.25, 0.3) is 0 Å². The minimum atomic E-state index is -0.394. The summed E-state index contributed by atoms with van der Waals surface area (Å²) in [4.78, 5) is 13.6. The topological polar surface area (TPSA) is 50.8 Å². The van der Waals surface area contributed by atoms with Gasteiger partial charge in [-0.3, -0.25) is 4.90 Å². The smallest absolute Gasteiger partial charge is 0.408 e. The van der Waals surface area contributed by atoms with Crippen LogP contribution in [0.25, 0.3) is 0 Å². The predicted molar refractivity (Wildman–Crippen MR) is 102 cm³/mol. The summed E-state index contributed by atoms with van der Waals surface area (Å²) in [6.45, 7) is 14.8. The molecule has 5 nitrogen and oxygen atoms in total. The van der Waals surface area contributed by atoms with Gasteiger partial charge < -0.3 is 14.8 Å².